The molecule has 4 nitrogen and oxygen atoms in total. The average molecular weight is 336 g/mol. The highest BCUT2D eigenvalue weighted by atomic mass is 19.4. The lowest BCUT2D eigenvalue weighted by molar-refractivity contribution is -0.137. The molecule has 2 amide bonds. The smallest absolute Gasteiger partial charge is 0.318 e. The van der Waals surface area contributed by atoms with Crippen molar-refractivity contribution in [3.8, 4) is 0 Å². The molecule has 0 unspecified atom stereocenters. The number of alkyl halides is 3. The Balaban J connectivity index is 2.04. The summed E-state index contributed by atoms with van der Waals surface area (Å²) in [5.41, 5.74) is 1.55. The van der Waals surface area contributed by atoms with Crippen LogP contribution in [0.25, 0.3) is 0 Å². The summed E-state index contributed by atoms with van der Waals surface area (Å²) < 4.78 is 37.4. The van der Waals surface area contributed by atoms with Crippen molar-refractivity contribution < 1.29 is 22.8 Å². The van der Waals surface area contributed by atoms with E-state index < -0.39 is 23.6 Å². The largest absolute Gasteiger partial charge is 0.416 e. The summed E-state index contributed by atoms with van der Waals surface area (Å²) >= 11 is 0. The number of hydrogen-bond donors (Lipinski definition) is 2. The molecule has 2 aromatic rings. The first kappa shape index (κ1) is 17.5. The van der Waals surface area contributed by atoms with Gasteiger partial charge in [-0.2, -0.15) is 13.2 Å². The quantitative estimate of drug-likeness (QED) is 0.817. The fourth-order valence-corrected chi connectivity index (χ4v) is 2.00. The van der Waals surface area contributed by atoms with Crippen molar-refractivity contribution in [1.29, 1.82) is 0 Å². The first-order valence-electron chi connectivity index (χ1n) is 7.04. The topological polar surface area (TPSA) is 58.2 Å². The van der Waals surface area contributed by atoms with Crippen molar-refractivity contribution >= 4 is 23.2 Å². The van der Waals surface area contributed by atoms with Crippen molar-refractivity contribution in [1.82, 2.24) is 0 Å². The maximum absolute atomic E-state index is 12.5. The Bertz CT molecular complexity index is 768. The van der Waals surface area contributed by atoms with Gasteiger partial charge in [0.2, 0.25) is 0 Å². The van der Waals surface area contributed by atoms with Gasteiger partial charge in [-0.3, -0.25) is 9.59 Å². The molecule has 0 aromatic heterocycles. The number of nitrogens with one attached hydrogen (secondary N) is 2. The van der Waals surface area contributed by atoms with Crippen molar-refractivity contribution in [2.45, 2.75) is 20.0 Å². The summed E-state index contributed by atoms with van der Waals surface area (Å²) in [7, 11) is 0. The van der Waals surface area contributed by atoms with Crippen LogP contribution in [0, 0.1) is 13.8 Å². The van der Waals surface area contributed by atoms with Gasteiger partial charge in [0.05, 0.1) is 5.56 Å². The van der Waals surface area contributed by atoms with E-state index in [1.165, 1.54) is 0 Å². The Kier molecular flexibility index (Phi) is 4.92. The number of carbonyl (C=O) groups is 2. The van der Waals surface area contributed by atoms with Crippen LogP contribution < -0.4 is 10.6 Å². The maximum Gasteiger partial charge on any atom is 0.416 e. The molecule has 126 valence electrons. The lowest BCUT2D eigenvalue weighted by Gasteiger charge is -2.11. The van der Waals surface area contributed by atoms with Gasteiger partial charge in [0, 0.05) is 11.4 Å². The Labute approximate surface area is 136 Å². The molecule has 2 rings (SSSR count). The molecule has 0 atom stereocenters. The van der Waals surface area contributed by atoms with Crippen LogP contribution in [0.2, 0.25) is 0 Å². The van der Waals surface area contributed by atoms with Crippen molar-refractivity contribution in [2.24, 2.45) is 0 Å². The SMILES string of the molecule is Cc1cccc(NC(=O)C(=O)Nc2ccc(C(F)(F)F)cc2)c1C. The van der Waals surface area contributed by atoms with E-state index in [-0.39, 0.29) is 5.69 Å². The summed E-state index contributed by atoms with van der Waals surface area (Å²) in [4.78, 5) is 23.8. The van der Waals surface area contributed by atoms with Crippen molar-refractivity contribution in [3.05, 3.63) is 59.2 Å². The van der Waals surface area contributed by atoms with Crippen LogP contribution >= 0.6 is 0 Å². The standard InChI is InChI=1S/C17H15F3N2O2/c1-10-4-3-5-14(11(10)2)22-16(24)15(23)21-13-8-6-12(7-9-13)17(18,19)20/h3-9H,1-2H3,(H,21,23)(H,22,24). The fraction of sp³-hybridized carbons (Fsp3) is 0.176. The highest BCUT2D eigenvalue weighted by Gasteiger charge is 2.30. The van der Waals surface area contributed by atoms with Crippen LogP contribution in [0.5, 0.6) is 0 Å². The van der Waals surface area contributed by atoms with Gasteiger partial charge in [0.25, 0.3) is 0 Å². The van der Waals surface area contributed by atoms with E-state index >= 15 is 0 Å². The number of aryl methyl sites for hydroxylation is 1. The molecule has 0 spiro atoms. The summed E-state index contributed by atoms with van der Waals surface area (Å²) in [6.45, 7) is 3.67. The van der Waals surface area contributed by atoms with Crippen LogP contribution in [0.15, 0.2) is 42.5 Å². The molecular weight excluding hydrogens is 321 g/mol. The first-order valence-corrected chi connectivity index (χ1v) is 7.04. The lowest BCUT2D eigenvalue weighted by atomic mass is 10.1. The van der Waals surface area contributed by atoms with Gasteiger partial charge >= 0.3 is 18.0 Å². The second kappa shape index (κ2) is 6.74. The second-order valence-corrected chi connectivity index (χ2v) is 5.23. The highest BCUT2D eigenvalue weighted by Crippen LogP contribution is 2.29. The van der Waals surface area contributed by atoms with E-state index in [2.05, 4.69) is 10.6 Å². The maximum atomic E-state index is 12.5. The summed E-state index contributed by atoms with van der Waals surface area (Å²) in [6.07, 6.45) is -4.46. The summed E-state index contributed by atoms with van der Waals surface area (Å²) in [5.74, 6) is -1.86. The molecule has 7 heteroatoms. The Morgan fingerprint density at radius 3 is 2.04 bits per heavy atom. The molecule has 0 radical (unpaired) electrons. The molecule has 0 aliphatic heterocycles. The van der Waals surface area contributed by atoms with E-state index in [1.807, 2.05) is 13.0 Å². The lowest BCUT2D eigenvalue weighted by Crippen LogP contribution is -2.29. The van der Waals surface area contributed by atoms with E-state index in [0.717, 1.165) is 35.4 Å². The number of hydrogen-bond acceptors (Lipinski definition) is 2. The van der Waals surface area contributed by atoms with Gasteiger partial charge in [-0.05, 0) is 55.3 Å². The van der Waals surface area contributed by atoms with Crippen molar-refractivity contribution in [3.63, 3.8) is 0 Å². The normalized spacial score (nSPS) is 11.0. The Morgan fingerprint density at radius 1 is 0.875 bits per heavy atom. The van der Waals surface area contributed by atoms with Crippen LogP contribution in [0.4, 0.5) is 24.5 Å². The zero-order chi connectivity index (χ0) is 17.9. The molecule has 0 heterocycles. The highest BCUT2D eigenvalue weighted by molar-refractivity contribution is 6.43. The molecule has 2 N–H and O–H groups in total. The van der Waals surface area contributed by atoms with Crippen molar-refractivity contribution in [2.75, 3.05) is 10.6 Å². The van der Waals surface area contributed by atoms with E-state index in [1.54, 1.807) is 19.1 Å². The predicted molar refractivity (Wildman–Crippen MR) is 84.6 cm³/mol. The average Bonchev–Trinajstić information content (AvgIpc) is 2.51. The number of rotatable bonds is 2. The molecular formula is C17H15F3N2O2. The summed E-state index contributed by atoms with van der Waals surface area (Å²) in [6, 6.07) is 9.11. The first-order chi connectivity index (χ1) is 11.2. The summed E-state index contributed by atoms with van der Waals surface area (Å²) in [5, 5.41) is 4.73. The Morgan fingerprint density at radius 2 is 1.46 bits per heavy atom. The number of anilines is 2. The van der Waals surface area contributed by atoms with Crippen LogP contribution in [0.1, 0.15) is 16.7 Å². The molecule has 2 aromatic carbocycles. The van der Waals surface area contributed by atoms with Gasteiger partial charge in [-0.25, -0.2) is 0 Å². The zero-order valence-electron chi connectivity index (χ0n) is 13.0. The number of carbonyl (C=O) groups excluding carboxylic acids is 2. The molecule has 0 bridgehead atoms. The molecule has 0 saturated carbocycles. The molecule has 24 heavy (non-hydrogen) atoms. The third-order valence-electron chi connectivity index (χ3n) is 3.53. The van der Waals surface area contributed by atoms with E-state index in [4.69, 9.17) is 0 Å². The minimum Gasteiger partial charge on any atom is -0.318 e. The monoisotopic (exact) mass is 336 g/mol. The second-order valence-electron chi connectivity index (χ2n) is 5.23. The van der Waals surface area contributed by atoms with Gasteiger partial charge < -0.3 is 10.6 Å². The third-order valence-corrected chi connectivity index (χ3v) is 3.53. The number of amides is 2. The van der Waals surface area contributed by atoms with Crippen LogP contribution in [0.3, 0.4) is 0 Å². The van der Waals surface area contributed by atoms with Crippen LogP contribution in [-0.2, 0) is 15.8 Å². The van der Waals surface area contributed by atoms with Gasteiger partial charge in [0.15, 0.2) is 0 Å². The Hall–Kier alpha value is -2.83. The van der Waals surface area contributed by atoms with Gasteiger partial charge in [-0.15, -0.1) is 0 Å². The van der Waals surface area contributed by atoms with Gasteiger partial charge in [0.1, 0.15) is 0 Å². The number of halogens is 3. The molecule has 0 aliphatic rings. The molecule has 0 fully saturated rings. The van der Waals surface area contributed by atoms with E-state index in [0.29, 0.717) is 5.69 Å². The minimum atomic E-state index is -4.46. The third kappa shape index (κ3) is 4.13. The molecule has 0 aliphatic carbocycles. The van der Waals surface area contributed by atoms with Gasteiger partial charge in [-0.1, -0.05) is 12.1 Å². The fourth-order valence-electron chi connectivity index (χ4n) is 2.00. The van der Waals surface area contributed by atoms with Crippen LogP contribution in [-0.4, -0.2) is 11.8 Å². The zero-order valence-corrected chi connectivity index (χ0v) is 13.0. The predicted octanol–water partition coefficient (Wildman–Crippen LogP) is 3.90. The molecule has 0 saturated heterocycles. The minimum absolute atomic E-state index is 0.101. The van der Waals surface area contributed by atoms with E-state index in [9.17, 15) is 22.8 Å². The number of benzene rings is 2.